The largest absolute Gasteiger partial charge is 0.611 e. The van der Waals surface area contributed by atoms with Crippen LogP contribution in [0.15, 0.2) is 41.3 Å². The van der Waals surface area contributed by atoms with Crippen LogP contribution in [0.2, 0.25) is 5.02 Å². The van der Waals surface area contributed by atoms with Crippen molar-refractivity contribution in [2.45, 2.75) is 44.4 Å². The van der Waals surface area contributed by atoms with Crippen molar-refractivity contribution in [3.8, 4) is 11.4 Å². The fraction of sp³-hybridized carbons (Fsp3) is 0.308. The Labute approximate surface area is 220 Å². The summed E-state index contributed by atoms with van der Waals surface area (Å²) < 4.78 is 60.5. The molecule has 11 heteroatoms. The Kier molecular flexibility index (Phi) is 7.13. The summed E-state index contributed by atoms with van der Waals surface area (Å²) in [4.78, 5) is 18.4. The van der Waals surface area contributed by atoms with E-state index in [2.05, 4.69) is 11.9 Å². The molecule has 0 amide bonds. The Bertz CT molecular complexity index is 1440. The number of aromatic nitrogens is 2. The first-order valence-corrected chi connectivity index (χ1v) is 13.1. The molecule has 0 fully saturated rings. The second-order valence-electron chi connectivity index (χ2n) is 9.39. The molecule has 1 N–H and O–H groups in total. The van der Waals surface area contributed by atoms with Gasteiger partial charge in [0.1, 0.15) is 22.7 Å². The van der Waals surface area contributed by atoms with E-state index in [9.17, 15) is 22.5 Å². The first-order valence-electron chi connectivity index (χ1n) is 11.4. The highest BCUT2D eigenvalue weighted by Gasteiger charge is 2.39. The summed E-state index contributed by atoms with van der Waals surface area (Å²) >= 11 is 5.19. The molecule has 1 atom stereocenters. The second kappa shape index (κ2) is 9.74. The highest BCUT2D eigenvalue weighted by Crippen LogP contribution is 2.45. The molecule has 0 bridgehead atoms. The third-order valence-corrected chi connectivity index (χ3v) is 7.32. The van der Waals surface area contributed by atoms with Crippen LogP contribution in [0.5, 0.6) is 0 Å². The van der Waals surface area contributed by atoms with Crippen LogP contribution in [-0.2, 0) is 15.9 Å². The Morgan fingerprint density at radius 1 is 1.32 bits per heavy atom. The van der Waals surface area contributed by atoms with Crippen molar-refractivity contribution >= 4 is 57.6 Å². The molecule has 2 aromatic heterocycles. The van der Waals surface area contributed by atoms with Gasteiger partial charge in [-0.3, -0.25) is 0 Å². The van der Waals surface area contributed by atoms with Gasteiger partial charge >= 0.3 is 12.3 Å². The molecule has 1 aromatic carbocycles. The topological polar surface area (TPSA) is 79.2 Å². The van der Waals surface area contributed by atoms with Gasteiger partial charge < -0.3 is 14.6 Å². The molecule has 4 rings (SSSR count). The summed E-state index contributed by atoms with van der Waals surface area (Å²) in [5, 5.41) is 3.35. The molecule has 0 spiro atoms. The van der Waals surface area contributed by atoms with Gasteiger partial charge in [0.05, 0.1) is 27.5 Å². The number of hydrogen-bond donors (Lipinski definition) is 1. The number of fused-ring (bicyclic) bond motifs is 2. The summed E-state index contributed by atoms with van der Waals surface area (Å²) in [7, 11) is 0. The van der Waals surface area contributed by atoms with Crippen LogP contribution in [0.3, 0.4) is 0 Å². The first-order chi connectivity index (χ1) is 17.2. The zero-order valence-corrected chi connectivity index (χ0v) is 22.2. The molecule has 0 saturated heterocycles. The van der Waals surface area contributed by atoms with Crippen LogP contribution in [-0.4, -0.2) is 44.3 Å². The average Bonchev–Trinajstić information content (AvgIpc) is 3.12. The number of halogens is 4. The quantitative estimate of drug-likeness (QED) is 0.345. The number of carbonyl (C=O) groups is 1. The van der Waals surface area contributed by atoms with E-state index < -0.39 is 41.2 Å². The summed E-state index contributed by atoms with van der Waals surface area (Å²) in [5.74, 6) is 0.242. The maximum Gasteiger partial charge on any atom is 0.419 e. The number of alkyl halides is 3. The molecule has 0 radical (unpaired) electrons. The molecule has 6 nitrogen and oxygen atoms in total. The minimum atomic E-state index is -4.63. The number of anilines is 1. The zero-order chi connectivity index (χ0) is 27.3. The molecule has 3 aromatic rings. The van der Waals surface area contributed by atoms with Gasteiger partial charge in [0.25, 0.3) is 0 Å². The zero-order valence-electron chi connectivity index (χ0n) is 20.6. The lowest BCUT2D eigenvalue weighted by atomic mass is 10.1. The second-order valence-corrected chi connectivity index (χ2v) is 11.5. The monoisotopic (exact) mass is 551 g/mol. The normalized spacial score (nSPS) is 14.6. The lowest BCUT2D eigenvalue weighted by Gasteiger charge is -2.23. The van der Waals surface area contributed by atoms with E-state index in [4.69, 9.17) is 21.3 Å². The minimum absolute atomic E-state index is 0.00389. The van der Waals surface area contributed by atoms with E-state index >= 15 is 0 Å². The number of nitrogens with zero attached hydrogens (tertiary/aromatic N) is 2. The van der Waals surface area contributed by atoms with E-state index in [1.54, 1.807) is 52.0 Å². The average molecular weight is 552 g/mol. The van der Waals surface area contributed by atoms with E-state index in [1.807, 2.05) is 6.07 Å². The first kappa shape index (κ1) is 27.1. The van der Waals surface area contributed by atoms with Crippen molar-refractivity contribution in [3.05, 3.63) is 52.7 Å². The summed E-state index contributed by atoms with van der Waals surface area (Å²) in [6.07, 6.45) is -3.06. The summed E-state index contributed by atoms with van der Waals surface area (Å²) in [6.45, 7) is 9.88. The predicted molar refractivity (Wildman–Crippen MR) is 141 cm³/mol. The van der Waals surface area contributed by atoms with Gasteiger partial charge in [-0.1, -0.05) is 36.4 Å². The number of ether oxygens (including phenoxy) is 1. The Hall–Kier alpha value is -2.95. The van der Waals surface area contributed by atoms with E-state index in [-0.39, 0.29) is 33.5 Å². The molecule has 1 unspecified atom stereocenters. The van der Waals surface area contributed by atoms with Gasteiger partial charge in [-0.2, -0.15) is 13.2 Å². The van der Waals surface area contributed by atoms with E-state index in [0.717, 1.165) is 16.2 Å². The lowest BCUT2D eigenvalue weighted by Crippen LogP contribution is -2.29. The maximum absolute atomic E-state index is 13.6. The number of nitrogens with one attached hydrogen (secondary N) is 1. The minimum Gasteiger partial charge on any atom is -0.611 e. The third kappa shape index (κ3) is 5.23. The Morgan fingerprint density at radius 3 is 2.62 bits per heavy atom. The molecule has 3 heterocycles. The molecule has 1 aliphatic rings. The third-order valence-electron chi connectivity index (χ3n) is 5.63. The Balaban J connectivity index is 2.09. The molecule has 37 heavy (non-hydrogen) atoms. The SMILES string of the molecule is C=Cc1ccc2cc([S+]([O-])CC)c(-c3c(Cl)c4c(n3C(=O)OC(C)(C)C)C=C(C(F)(F)F)CN4)nc2c1. The van der Waals surface area contributed by atoms with Crippen molar-refractivity contribution in [3.63, 3.8) is 0 Å². The van der Waals surface area contributed by atoms with Crippen molar-refractivity contribution < 1.29 is 27.3 Å². The fourth-order valence-electron chi connectivity index (χ4n) is 3.95. The molecule has 0 aliphatic carbocycles. The van der Waals surface area contributed by atoms with Gasteiger partial charge in [-0.15, -0.1) is 0 Å². The van der Waals surface area contributed by atoms with Gasteiger partial charge in [0, 0.05) is 18.0 Å². The molecular weight excluding hydrogens is 527 g/mol. The number of benzene rings is 1. The van der Waals surface area contributed by atoms with Gasteiger partial charge in [0.2, 0.25) is 0 Å². The molecular formula is C26H25ClF3N3O3S. The van der Waals surface area contributed by atoms with Gasteiger partial charge in [-0.05, 0) is 56.6 Å². The standard InChI is InChI=1S/C26H25ClF3N3O3S/c1-6-14-8-9-15-11-19(37(35)7-2)22(32-17(15)10-14)23-20(27)21-18(12-16(13-31-21)26(28,29)30)33(23)24(34)36-25(3,4)5/h6,8-12,31H,1,7,13H2,2-5H3. The van der Waals surface area contributed by atoms with E-state index in [0.29, 0.717) is 15.8 Å². The van der Waals surface area contributed by atoms with Crippen LogP contribution in [0.25, 0.3) is 34.4 Å². The van der Waals surface area contributed by atoms with Crippen LogP contribution in [0, 0.1) is 0 Å². The number of carbonyl (C=O) groups excluding carboxylic acids is 1. The van der Waals surface area contributed by atoms with Crippen molar-refractivity contribution in [1.29, 1.82) is 0 Å². The summed E-state index contributed by atoms with van der Waals surface area (Å²) in [5.41, 5.74) is -0.434. The Morgan fingerprint density at radius 2 is 2.03 bits per heavy atom. The van der Waals surface area contributed by atoms with Crippen molar-refractivity contribution in [2.75, 3.05) is 17.6 Å². The smallest absolute Gasteiger partial charge is 0.419 e. The lowest BCUT2D eigenvalue weighted by molar-refractivity contribution is -0.0909. The fourth-order valence-corrected chi connectivity index (χ4v) is 5.21. The highest BCUT2D eigenvalue weighted by atomic mass is 35.5. The maximum atomic E-state index is 13.6. The number of rotatable bonds is 4. The van der Waals surface area contributed by atoms with Crippen LogP contribution in [0.1, 0.15) is 39.0 Å². The predicted octanol–water partition coefficient (Wildman–Crippen LogP) is 7.28. The molecule has 0 saturated carbocycles. The van der Waals surface area contributed by atoms with Gasteiger partial charge in [0.15, 0.2) is 4.90 Å². The number of hydrogen-bond acceptors (Lipinski definition) is 5. The van der Waals surface area contributed by atoms with Crippen LogP contribution >= 0.6 is 11.6 Å². The number of pyridine rings is 1. The summed E-state index contributed by atoms with van der Waals surface area (Å²) in [6, 6.07) is 7.09. The van der Waals surface area contributed by atoms with Crippen molar-refractivity contribution in [1.82, 2.24) is 9.55 Å². The van der Waals surface area contributed by atoms with Gasteiger partial charge in [-0.25, -0.2) is 14.3 Å². The molecule has 196 valence electrons. The van der Waals surface area contributed by atoms with E-state index in [1.165, 1.54) is 0 Å². The van der Waals surface area contributed by atoms with Crippen LogP contribution in [0.4, 0.5) is 23.7 Å². The molecule has 1 aliphatic heterocycles. The van der Waals surface area contributed by atoms with Crippen LogP contribution < -0.4 is 5.32 Å². The van der Waals surface area contributed by atoms with Crippen molar-refractivity contribution in [2.24, 2.45) is 0 Å². The highest BCUT2D eigenvalue weighted by molar-refractivity contribution is 7.91.